The lowest BCUT2D eigenvalue weighted by Gasteiger charge is -2.25. The maximum atomic E-state index is 13.2. The Morgan fingerprint density at radius 2 is 1.46 bits per heavy atom. The number of benzene rings is 1. The third kappa shape index (κ3) is 11.2. The first kappa shape index (κ1) is 29.9. The summed E-state index contributed by atoms with van der Waals surface area (Å²) in [6, 6.07) is 2.16. The number of phenolic OH excluding ortho intramolecular Hbond substituents is 1. The third-order valence-corrected chi connectivity index (χ3v) is 5.38. The average molecular weight is 494 g/mol. The number of amides is 3. The van der Waals surface area contributed by atoms with Gasteiger partial charge in [0.05, 0.1) is 6.04 Å². The summed E-state index contributed by atoms with van der Waals surface area (Å²) in [4.78, 5) is 49.7. The van der Waals surface area contributed by atoms with Crippen molar-refractivity contribution in [2.45, 2.75) is 77.0 Å². The van der Waals surface area contributed by atoms with E-state index in [4.69, 9.17) is 16.6 Å². The topological polar surface area (TPSA) is 197 Å². The van der Waals surface area contributed by atoms with Crippen LogP contribution in [0.2, 0.25) is 0 Å². The van der Waals surface area contributed by atoms with E-state index in [-0.39, 0.29) is 24.5 Å². The Morgan fingerprint density at radius 1 is 0.886 bits per heavy atom. The molecule has 0 radical (unpaired) electrons. The summed E-state index contributed by atoms with van der Waals surface area (Å²) >= 11 is 0. The summed E-state index contributed by atoms with van der Waals surface area (Å²) in [5.74, 6) is -2.87. The number of nitrogens with two attached hydrogens (primary N) is 2. The van der Waals surface area contributed by atoms with Gasteiger partial charge in [0, 0.05) is 6.42 Å². The maximum Gasteiger partial charge on any atom is 0.325 e. The number of carbonyl (C=O) groups excluding carboxylic acids is 3. The van der Waals surface area contributed by atoms with Crippen LogP contribution in [0.25, 0.3) is 0 Å². The predicted molar refractivity (Wildman–Crippen MR) is 131 cm³/mol. The summed E-state index contributed by atoms with van der Waals surface area (Å²) in [5, 5.41) is 26.3. The zero-order valence-corrected chi connectivity index (χ0v) is 20.6. The fourth-order valence-corrected chi connectivity index (χ4v) is 3.35. The second-order valence-corrected chi connectivity index (χ2v) is 9.08. The molecular formula is C24H39N5O6. The minimum atomic E-state index is -1.20. The molecule has 0 aromatic heterocycles. The van der Waals surface area contributed by atoms with Gasteiger partial charge in [-0.1, -0.05) is 32.4 Å². The van der Waals surface area contributed by atoms with Crippen LogP contribution in [0.5, 0.6) is 5.75 Å². The molecule has 0 bridgehead atoms. The molecule has 0 aliphatic rings. The third-order valence-electron chi connectivity index (χ3n) is 5.38. The first-order valence-electron chi connectivity index (χ1n) is 11.8. The molecule has 4 unspecified atom stereocenters. The van der Waals surface area contributed by atoms with E-state index in [1.165, 1.54) is 19.1 Å². The number of carboxylic acid groups (broad SMARTS) is 1. The molecule has 11 heteroatoms. The Balaban J connectivity index is 3.05. The van der Waals surface area contributed by atoms with Crippen LogP contribution in [0.4, 0.5) is 0 Å². The molecule has 196 valence electrons. The molecule has 11 nitrogen and oxygen atoms in total. The lowest BCUT2D eigenvalue weighted by atomic mass is 10.0. The predicted octanol–water partition coefficient (Wildman–Crippen LogP) is -0.00400. The van der Waals surface area contributed by atoms with Crippen molar-refractivity contribution in [3.05, 3.63) is 29.8 Å². The highest BCUT2D eigenvalue weighted by Crippen LogP contribution is 2.13. The summed E-state index contributed by atoms with van der Waals surface area (Å²) in [6.07, 6.45) is 2.15. The van der Waals surface area contributed by atoms with Gasteiger partial charge < -0.3 is 37.6 Å². The largest absolute Gasteiger partial charge is 0.508 e. The van der Waals surface area contributed by atoms with Gasteiger partial charge in [-0.3, -0.25) is 19.2 Å². The Bertz CT molecular complexity index is 845. The lowest BCUT2D eigenvalue weighted by molar-refractivity contribution is -0.142. The molecule has 0 saturated heterocycles. The van der Waals surface area contributed by atoms with Gasteiger partial charge in [0.15, 0.2) is 0 Å². The van der Waals surface area contributed by atoms with Crippen molar-refractivity contribution < 1.29 is 29.4 Å². The van der Waals surface area contributed by atoms with Crippen LogP contribution >= 0.6 is 0 Å². The molecule has 0 spiro atoms. The second kappa shape index (κ2) is 14.9. The van der Waals surface area contributed by atoms with Gasteiger partial charge >= 0.3 is 5.97 Å². The zero-order chi connectivity index (χ0) is 26.5. The molecule has 0 aliphatic carbocycles. The van der Waals surface area contributed by atoms with Crippen LogP contribution in [-0.4, -0.2) is 64.6 Å². The number of carbonyl (C=O) groups is 4. The van der Waals surface area contributed by atoms with Gasteiger partial charge in [0.1, 0.15) is 23.9 Å². The van der Waals surface area contributed by atoms with E-state index in [0.29, 0.717) is 24.9 Å². The number of aromatic hydroxyl groups is 1. The van der Waals surface area contributed by atoms with Crippen molar-refractivity contribution >= 4 is 23.7 Å². The zero-order valence-electron chi connectivity index (χ0n) is 20.6. The minimum Gasteiger partial charge on any atom is -0.508 e. The first-order valence-corrected chi connectivity index (χ1v) is 11.8. The number of nitrogens with one attached hydrogen (secondary N) is 3. The van der Waals surface area contributed by atoms with E-state index >= 15 is 0 Å². The fraction of sp³-hybridized carbons (Fsp3) is 0.583. The molecule has 0 fully saturated rings. The molecule has 1 aromatic carbocycles. The second-order valence-electron chi connectivity index (χ2n) is 9.08. The normalized spacial score (nSPS) is 14.5. The van der Waals surface area contributed by atoms with Crippen LogP contribution < -0.4 is 27.4 Å². The van der Waals surface area contributed by atoms with Gasteiger partial charge in [-0.15, -0.1) is 0 Å². The molecule has 1 aromatic rings. The highest BCUT2D eigenvalue weighted by atomic mass is 16.4. The summed E-state index contributed by atoms with van der Waals surface area (Å²) in [6.45, 7) is 5.54. The summed E-state index contributed by atoms with van der Waals surface area (Å²) in [7, 11) is 0. The molecule has 9 N–H and O–H groups in total. The SMILES string of the molecule is CC(C)CC(NC(=O)C(Cc1ccc(O)cc1)NC(=O)C(N)CCCCN)C(=O)NC(C)C(=O)O. The number of unbranched alkanes of at least 4 members (excludes halogenated alkanes) is 1. The van der Waals surface area contributed by atoms with Crippen LogP contribution in [-0.2, 0) is 25.6 Å². The van der Waals surface area contributed by atoms with Crippen LogP contribution in [0.15, 0.2) is 24.3 Å². The van der Waals surface area contributed by atoms with E-state index in [9.17, 15) is 24.3 Å². The fourth-order valence-electron chi connectivity index (χ4n) is 3.35. The van der Waals surface area contributed by atoms with Crippen molar-refractivity contribution in [1.82, 2.24) is 16.0 Å². The number of aliphatic carboxylic acids is 1. The molecule has 4 atom stereocenters. The maximum absolute atomic E-state index is 13.2. The van der Waals surface area contributed by atoms with Crippen LogP contribution in [0.3, 0.4) is 0 Å². The Morgan fingerprint density at radius 3 is 2.00 bits per heavy atom. The van der Waals surface area contributed by atoms with E-state index < -0.39 is 47.9 Å². The number of phenols is 1. The molecular weight excluding hydrogens is 454 g/mol. The minimum absolute atomic E-state index is 0.0206. The van der Waals surface area contributed by atoms with Gasteiger partial charge in [0.25, 0.3) is 0 Å². The molecule has 3 amide bonds. The lowest BCUT2D eigenvalue weighted by Crippen LogP contribution is -2.57. The standard InChI is InChI=1S/C24H39N5O6/c1-14(2)12-19(22(32)27-15(3)24(34)35)29-23(33)20(13-16-7-9-17(30)10-8-16)28-21(31)18(26)6-4-5-11-25/h7-10,14-15,18-20,30H,4-6,11-13,25-26H2,1-3H3,(H,27,32)(H,28,31)(H,29,33)(H,34,35). The molecule has 35 heavy (non-hydrogen) atoms. The highest BCUT2D eigenvalue weighted by molar-refractivity contribution is 5.94. The highest BCUT2D eigenvalue weighted by Gasteiger charge is 2.30. The average Bonchev–Trinajstić information content (AvgIpc) is 2.79. The van der Waals surface area contributed by atoms with Crippen molar-refractivity contribution in [1.29, 1.82) is 0 Å². The Labute approximate surface area is 206 Å². The van der Waals surface area contributed by atoms with Crippen molar-refractivity contribution in [2.24, 2.45) is 17.4 Å². The molecule has 0 heterocycles. The first-order chi connectivity index (χ1) is 16.4. The van der Waals surface area contributed by atoms with E-state index in [1.807, 2.05) is 13.8 Å². The molecule has 0 saturated carbocycles. The van der Waals surface area contributed by atoms with E-state index in [0.717, 1.165) is 6.42 Å². The van der Waals surface area contributed by atoms with Crippen molar-refractivity contribution in [2.75, 3.05) is 6.54 Å². The van der Waals surface area contributed by atoms with E-state index in [1.54, 1.807) is 12.1 Å². The van der Waals surface area contributed by atoms with Crippen molar-refractivity contribution in [3.8, 4) is 5.75 Å². The number of hydrogen-bond donors (Lipinski definition) is 7. The van der Waals surface area contributed by atoms with Crippen LogP contribution in [0.1, 0.15) is 52.0 Å². The Hall–Kier alpha value is -3.18. The Kier molecular flexibility index (Phi) is 12.7. The van der Waals surface area contributed by atoms with Gasteiger partial charge in [0.2, 0.25) is 17.7 Å². The van der Waals surface area contributed by atoms with Crippen molar-refractivity contribution in [3.63, 3.8) is 0 Å². The van der Waals surface area contributed by atoms with Gasteiger partial charge in [-0.25, -0.2) is 0 Å². The number of rotatable bonds is 15. The monoisotopic (exact) mass is 493 g/mol. The number of hydrogen-bond acceptors (Lipinski definition) is 7. The molecule has 0 aliphatic heterocycles. The van der Waals surface area contributed by atoms with Gasteiger partial charge in [-0.05, 0) is 56.3 Å². The van der Waals surface area contributed by atoms with Crippen LogP contribution in [0, 0.1) is 5.92 Å². The van der Waals surface area contributed by atoms with Gasteiger partial charge in [-0.2, -0.15) is 0 Å². The smallest absolute Gasteiger partial charge is 0.325 e. The molecule has 1 rings (SSSR count). The summed E-state index contributed by atoms with van der Waals surface area (Å²) in [5.41, 5.74) is 12.1. The number of carboxylic acids is 1. The van der Waals surface area contributed by atoms with E-state index in [2.05, 4.69) is 16.0 Å². The quantitative estimate of drug-likeness (QED) is 0.166. The summed E-state index contributed by atoms with van der Waals surface area (Å²) < 4.78 is 0.